The molecule has 0 aliphatic carbocycles. The molecule has 0 atom stereocenters. The summed E-state index contributed by atoms with van der Waals surface area (Å²) in [5, 5.41) is 3.71. The molecule has 0 spiro atoms. The Morgan fingerprint density at radius 3 is 2.50 bits per heavy atom. The molecule has 3 aromatic heterocycles. The predicted molar refractivity (Wildman–Crippen MR) is 147 cm³/mol. The van der Waals surface area contributed by atoms with Gasteiger partial charge in [0.25, 0.3) is 0 Å². The molecule has 3 nitrogen and oxygen atoms in total. The number of rotatable bonds is 4. The molecule has 0 aliphatic heterocycles. The summed E-state index contributed by atoms with van der Waals surface area (Å²) in [6.07, 6.45) is 1.29. The van der Waals surface area contributed by atoms with Crippen LogP contribution in [0.25, 0.3) is 53.5 Å². The minimum Gasteiger partial charge on any atom is -0.460 e. The van der Waals surface area contributed by atoms with Crippen molar-refractivity contribution in [2.24, 2.45) is 0 Å². The Hall–Kier alpha value is -3.92. The van der Waals surface area contributed by atoms with E-state index in [1.165, 1.54) is 6.20 Å². The van der Waals surface area contributed by atoms with Gasteiger partial charge in [-0.1, -0.05) is 54.6 Å². The fraction of sp³-hybridized carbons (Fsp3) is 0. The maximum atomic E-state index is 15.1. The van der Waals surface area contributed by atoms with Gasteiger partial charge < -0.3 is 9.72 Å². The fourth-order valence-electron chi connectivity index (χ4n) is 4.60. The van der Waals surface area contributed by atoms with Crippen LogP contribution in [0.3, 0.4) is 0 Å². The topological polar surface area (TPSA) is 35.0 Å². The number of halogens is 1. The van der Waals surface area contributed by atoms with Crippen LogP contribution in [-0.2, 0) is 21.1 Å². The van der Waals surface area contributed by atoms with E-state index >= 15 is 4.39 Å². The van der Waals surface area contributed by atoms with Crippen molar-refractivity contribution >= 4 is 42.3 Å². The Kier molecular flexibility index (Phi) is 6.48. The van der Waals surface area contributed by atoms with E-state index in [9.17, 15) is 0 Å². The van der Waals surface area contributed by atoms with Crippen LogP contribution in [-0.4, -0.2) is 9.97 Å². The zero-order valence-electron chi connectivity index (χ0n) is 19.7. The second-order valence-electron chi connectivity index (χ2n) is 8.59. The largest absolute Gasteiger partial charge is 2.00 e. The summed E-state index contributed by atoms with van der Waals surface area (Å²) in [5.41, 5.74) is 3.06. The Morgan fingerprint density at radius 1 is 0.763 bits per heavy atom. The van der Waals surface area contributed by atoms with Crippen molar-refractivity contribution in [2.75, 3.05) is 0 Å². The summed E-state index contributed by atoms with van der Waals surface area (Å²) < 4.78 is 23.0. The molecule has 7 rings (SSSR count). The van der Waals surface area contributed by atoms with Gasteiger partial charge in [-0.2, -0.15) is 0 Å². The standard InChI is InChI=1S/C32H17FN2OS.Pt/c33-26-19-34-30(32-29(26)25-17-16-20-8-4-5-13-24(20)31(25)37-32)22-11-6-12-23(18-22)36-28-15-7-14-27(35-28)21-9-2-1-3-10-21;/h1-9,11-17,19H;/q-2;+2. The summed E-state index contributed by atoms with van der Waals surface area (Å²) in [4.78, 5) is 9.11. The van der Waals surface area contributed by atoms with Gasteiger partial charge in [-0.15, -0.1) is 71.0 Å². The first-order chi connectivity index (χ1) is 18.2. The first-order valence-electron chi connectivity index (χ1n) is 11.8. The molecule has 0 radical (unpaired) electrons. The van der Waals surface area contributed by atoms with Gasteiger partial charge in [0.2, 0.25) is 5.88 Å². The molecule has 0 bridgehead atoms. The molecule has 38 heavy (non-hydrogen) atoms. The van der Waals surface area contributed by atoms with E-state index in [-0.39, 0.29) is 26.9 Å². The molecule has 0 fully saturated rings. The van der Waals surface area contributed by atoms with Crippen LogP contribution in [0.4, 0.5) is 4.39 Å². The SMILES string of the molecule is Fc1cnc(-c2[c-]c(Oc3cccc(-c4[c-]cccc4)n3)ccc2)c2sc3c4ccccc4ccc3c12.[Pt+2]. The number of benzene rings is 4. The van der Waals surface area contributed by atoms with Crippen molar-refractivity contribution in [2.45, 2.75) is 0 Å². The number of ether oxygens (including phenoxy) is 1. The monoisotopic (exact) mass is 691 g/mol. The molecule has 0 saturated heterocycles. The van der Waals surface area contributed by atoms with Gasteiger partial charge in [-0.05, 0) is 22.5 Å². The number of fused-ring (bicyclic) bond motifs is 5. The van der Waals surface area contributed by atoms with Gasteiger partial charge in [0, 0.05) is 31.6 Å². The summed E-state index contributed by atoms with van der Waals surface area (Å²) in [6.45, 7) is 0. The Balaban J connectivity index is 0.00000264. The third-order valence-electron chi connectivity index (χ3n) is 6.29. The third kappa shape index (κ3) is 4.28. The van der Waals surface area contributed by atoms with Crippen molar-refractivity contribution in [3.8, 4) is 34.1 Å². The third-order valence-corrected chi connectivity index (χ3v) is 7.53. The zero-order chi connectivity index (χ0) is 24.8. The molecule has 0 aliphatic rings. The molecule has 6 heteroatoms. The second-order valence-corrected chi connectivity index (χ2v) is 9.61. The molecular weight excluding hydrogens is 675 g/mol. The molecule has 4 aromatic carbocycles. The average Bonchev–Trinajstić information content (AvgIpc) is 3.35. The van der Waals surface area contributed by atoms with Gasteiger partial charge >= 0.3 is 21.1 Å². The van der Waals surface area contributed by atoms with Crippen molar-refractivity contribution in [3.05, 3.63) is 121 Å². The number of hydrogen-bond donors (Lipinski definition) is 0. The van der Waals surface area contributed by atoms with Crippen molar-refractivity contribution < 1.29 is 30.2 Å². The smallest absolute Gasteiger partial charge is 0.460 e. The summed E-state index contributed by atoms with van der Waals surface area (Å²) >= 11 is 1.56. The average molecular weight is 692 g/mol. The van der Waals surface area contributed by atoms with Gasteiger partial charge in [-0.25, -0.2) is 4.39 Å². The molecule has 0 N–H and O–H groups in total. The van der Waals surface area contributed by atoms with Gasteiger partial charge in [-0.3, -0.25) is 4.98 Å². The second kappa shape index (κ2) is 10.1. The summed E-state index contributed by atoms with van der Waals surface area (Å²) in [5.74, 6) is 0.630. The summed E-state index contributed by atoms with van der Waals surface area (Å²) in [7, 11) is 0. The van der Waals surface area contributed by atoms with E-state index in [2.05, 4.69) is 34.2 Å². The van der Waals surface area contributed by atoms with Gasteiger partial charge in [0.15, 0.2) is 0 Å². The van der Waals surface area contributed by atoms with Crippen molar-refractivity contribution in [1.82, 2.24) is 9.97 Å². The van der Waals surface area contributed by atoms with Crippen molar-refractivity contribution in [1.29, 1.82) is 0 Å². The molecule has 3 heterocycles. The number of nitrogens with zero attached hydrogens (tertiary/aromatic N) is 2. The van der Waals surface area contributed by atoms with E-state index in [1.54, 1.807) is 17.4 Å². The zero-order valence-corrected chi connectivity index (χ0v) is 22.8. The van der Waals surface area contributed by atoms with Crippen LogP contribution in [0.2, 0.25) is 0 Å². The van der Waals surface area contributed by atoms with E-state index in [0.717, 1.165) is 42.4 Å². The number of hydrogen-bond acceptors (Lipinski definition) is 4. The van der Waals surface area contributed by atoms with Crippen LogP contribution in [0, 0.1) is 17.9 Å². The van der Waals surface area contributed by atoms with Crippen LogP contribution in [0.5, 0.6) is 11.6 Å². The van der Waals surface area contributed by atoms with Crippen molar-refractivity contribution in [3.63, 3.8) is 0 Å². The minimum atomic E-state index is -0.327. The maximum Gasteiger partial charge on any atom is 2.00 e. The number of thiophene rings is 1. The number of pyridine rings is 2. The van der Waals surface area contributed by atoms with Crippen LogP contribution < -0.4 is 4.74 Å². The van der Waals surface area contributed by atoms with E-state index < -0.39 is 0 Å². The first kappa shape index (κ1) is 24.4. The Labute approximate surface area is 236 Å². The molecule has 184 valence electrons. The van der Waals surface area contributed by atoms with E-state index in [1.807, 2.05) is 78.9 Å². The van der Waals surface area contributed by atoms with Crippen LogP contribution in [0.1, 0.15) is 0 Å². The van der Waals surface area contributed by atoms with Gasteiger partial charge in [0.1, 0.15) is 5.82 Å². The van der Waals surface area contributed by atoms with Crippen LogP contribution >= 0.6 is 11.3 Å². The first-order valence-corrected chi connectivity index (χ1v) is 12.6. The number of aromatic nitrogens is 2. The van der Waals surface area contributed by atoms with E-state index in [4.69, 9.17) is 4.74 Å². The molecular formula is C32H17FN2OPtS. The summed E-state index contributed by atoms with van der Waals surface area (Å²) in [6, 6.07) is 37.6. The maximum absolute atomic E-state index is 15.1. The minimum absolute atomic E-state index is 0. The molecule has 0 saturated carbocycles. The van der Waals surface area contributed by atoms with Crippen LogP contribution in [0.15, 0.2) is 103 Å². The molecule has 0 unspecified atom stereocenters. The molecule has 7 aromatic rings. The Morgan fingerprint density at radius 2 is 1.61 bits per heavy atom. The Bertz CT molecular complexity index is 1940. The quantitative estimate of drug-likeness (QED) is 0.173. The van der Waals surface area contributed by atoms with E-state index in [0.29, 0.717) is 22.7 Å². The molecule has 0 amide bonds. The van der Waals surface area contributed by atoms with Gasteiger partial charge in [0.05, 0.1) is 6.20 Å². The predicted octanol–water partition coefficient (Wildman–Crippen LogP) is 8.86. The fourth-order valence-corrected chi connectivity index (χ4v) is 5.95. The normalized spacial score (nSPS) is 11.1.